The Bertz CT molecular complexity index is 108. The molecule has 3 nitrogen and oxygen atoms in total. The van der Waals surface area contributed by atoms with E-state index in [0.717, 1.165) is 19.5 Å². The molecular weight excluding hydrogens is 128 g/mol. The highest BCUT2D eigenvalue weighted by Crippen LogP contribution is 2.16. The van der Waals surface area contributed by atoms with Gasteiger partial charge in [-0.3, -0.25) is 0 Å². The van der Waals surface area contributed by atoms with E-state index in [0.29, 0.717) is 5.92 Å². The third-order valence-electron chi connectivity index (χ3n) is 2.24. The topological polar surface area (TPSA) is 49.5 Å². The summed E-state index contributed by atoms with van der Waals surface area (Å²) in [4.78, 5) is 2.25. The Morgan fingerprint density at radius 3 is 2.90 bits per heavy atom. The first-order valence-electron chi connectivity index (χ1n) is 3.79. The van der Waals surface area contributed by atoms with E-state index in [9.17, 15) is 0 Å². The van der Waals surface area contributed by atoms with E-state index in [4.69, 9.17) is 10.8 Å². The van der Waals surface area contributed by atoms with E-state index in [1.54, 1.807) is 0 Å². The van der Waals surface area contributed by atoms with Crippen molar-refractivity contribution in [3.05, 3.63) is 0 Å². The summed E-state index contributed by atoms with van der Waals surface area (Å²) < 4.78 is 0. The van der Waals surface area contributed by atoms with Crippen LogP contribution in [0.1, 0.15) is 6.42 Å². The van der Waals surface area contributed by atoms with Crippen molar-refractivity contribution in [2.75, 3.05) is 26.7 Å². The zero-order valence-corrected chi connectivity index (χ0v) is 6.45. The van der Waals surface area contributed by atoms with Crippen molar-refractivity contribution in [2.24, 2.45) is 11.7 Å². The van der Waals surface area contributed by atoms with Gasteiger partial charge in [0.15, 0.2) is 0 Å². The maximum absolute atomic E-state index is 8.74. The van der Waals surface area contributed by atoms with Gasteiger partial charge in [0.25, 0.3) is 0 Å². The molecule has 0 bridgehead atoms. The van der Waals surface area contributed by atoms with Gasteiger partial charge in [-0.25, -0.2) is 0 Å². The second-order valence-corrected chi connectivity index (χ2v) is 3.16. The second kappa shape index (κ2) is 3.32. The minimum absolute atomic E-state index is 0.00931. The molecule has 0 aliphatic carbocycles. The monoisotopic (exact) mass is 144 g/mol. The van der Waals surface area contributed by atoms with Crippen LogP contribution in [0.2, 0.25) is 0 Å². The molecule has 0 aromatic carbocycles. The fourth-order valence-corrected chi connectivity index (χ4v) is 1.47. The molecule has 2 unspecified atom stereocenters. The standard InChI is InChI=1S/C7H16N2O/c1-9-3-2-6(4-9)7(8)5-10/h6-7,10H,2-5,8H2,1H3. The molecule has 60 valence electrons. The zero-order chi connectivity index (χ0) is 7.56. The predicted molar refractivity (Wildman–Crippen MR) is 40.7 cm³/mol. The highest BCUT2D eigenvalue weighted by molar-refractivity contribution is 4.80. The Morgan fingerprint density at radius 1 is 1.80 bits per heavy atom. The van der Waals surface area contributed by atoms with Crippen molar-refractivity contribution in [1.29, 1.82) is 0 Å². The molecule has 1 aliphatic rings. The quantitative estimate of drug-likeness (QED) is 0.536. The normalized spacial score (nSPS) is 30.9. The van der Waals surface area contributed by atoms with Crippen LogP contribution < -0.4 is 5.73 Å². The van der Waals surface area contributed by atoms with E-state index < -0.39 is 0 Å². The molecule has 2 atom stereocenters. The molecule has 1 heterocycles. The van der Waals surface area contributed by atoms with E-state index in [2.05, 4.69) is 11.9 Å². The van der Waals surface area contributed by atoms with Gasteiger partial charge in [-0.05, 0) is 25.9 Å². The number of nitrogens with zero attached hydrogens (tertiary/aromatic N) is 1. The van der Waals surface area contributed by atoms with Crippen LogP contribution in [-0.4, -0.2) is 42.8 Å². The van der Waals surface area contributed by atoms with Crippen LogP contribution in [0.4, 0.5) is 0 Å². The first-order chi connectivity index (χ1) is 4.74. The van der Waals surface area contributed by atoms with E-state index in [1.165, 1.54) is 0 Å². The molecule has 0 aromatic rings. The highest BCUT2D eigenvalue weighted by atomic mass is 16.3. The zero-order valence-electron chi connectivity index (χ0n) is 6.45. The third kappa shape index (κ3) is 1.68. The van der Waals surface area contributed by atoms with Gasteiger partial charge in [-0.1, -0.05) is 0 Å². The molecule has 0 radical (unpaired) electrons. The van der Waals surface area contributed by atoms with Crippen LogP contribution in [0.3, 0.4) is 0 Å². The van der Waals surface area contributed by atoms with Crippen LogP contribution in [0, 0.1) is 5.92 Å². The first kappa shape index (κ1) is 7.98. The summed E-state index contributed by atoms with van der Waals surface area (Å²) in [6.45, 7) is 2.29. The van der Waals surface area contributed by atoms with E-state index in [1.807, 2.05) is 0 Å². The molecule has 3 heteroatoms. The van der Waals surface area contributed by atoms with Gasteiger partial charge in [-0.2, -0.15) is 0 Å². The molecule has 1 aliphatic heterocycles. The summed E-state index contributed by atoms with van der Waals surface area (Å²) in [7, 11) is 2.09. The van der Waals surface area contributed by atoms with Crippen molar-refractivity contribution in [3.63, 3.8) is 0 Å². The van der Waals surface area contributed by atoms with Crippen molar-refractivity contribution in [3.8, 4) is 0 Å². The number of aliphatic hydroxyl groups excluding tert-OH is 1. The number of rotatable bonds is 2. The predicted octanol–water partition coefficient (Wildman–Crippen LogP) is -0.742. The Labute approximate surface area is 61.8 Å². The number of nitrogens with two attached hydrogens (primary N) is 1. The van der Waals surface area contributed by atoms with Crippen molar-refractivity contribution < 1.29 is 5.11 Å². The van der Waals surface area contributed by atoms with Crippen LogP contribution in [0.5, 0.6) is 0 Å². The fourth-order valence-electron chi connectivity index (χ4n) is 1.47. The lowest BCUT2D eigenvalue weighted by Crippen LogP contribution is -2.34. The lowest BCUT2D eigenvalue weighted by molar-refractivity contribution is 0.226. The van der Waals surface area contributed by atoms with Crippen LogP contribution in [0.25, 0.3) is 0 Å². The average Bonchev–Trinajstić information content (AvgIpc) is 2.34. The van der Waals surface area contributed by atoms with Crippen LogP contribution in [0.15, 0.2) is 0 Å². The molecule has 1 fully saturated rings. The van der Waals surface area contributed by atoms with Gasteiger partial charge in [-0.15, -0.1) is 0 Å². The van der Waals surface area contributed by atoms with Crippen molar-refractivity contribution in [1.82, 2.24) is 4.90 Å². The molecule has 10 heavy (non-hydrogen) atoms. The number of hydrogen-bond acceptors (Lipinski definition) is 3. The summed E-state index contributed by atoms with van der Waals surface area (Å²) in [5, 5.41) is 8.74. The van der Waals surface area contributed by atoms with Gasteiger partial charge in [0.05, 0.1) is 6.61 Å². The Kier molecular flexibility index (Phi) is 2.65. The van der Waals surface area contributed by atoms with Gasteiger partial charge in [0.2, 0.25) is 0 Å². The SMILES string of the molecule is CN1CCC(C(N)CO)C1. The smallest absolute Gasteiger partial charge is 0.0585 e. The minimum atomic E-state index is -0.00931. The van der Waals surface area contributed by atoms with Gasteiger partial charge in [0, 0.05) is 12.6 Å². The Balaban J connectivity index is 2.29. The number of likely N-dealkylation sites (tertiary alicyclic amines) is 1. The summed E-state index contributed by atoms with van der Waals surface area (Å²) in [5.74, 6) is 0.509. The van der Waals surface area contributed by atoms with Crippen LogP contribution in [-0.2, 0) is 0 Å². The maximum Gasteiger partial charge on any atom is 0.0585 e. The molecule has 0 saturated carbocycles. The van der Waals surface area contributed by atoms with Gasteiger partial charge in [0.1, 0.15) is 0 Å². The van der Waals surface area contributed by atoms with E-state index >= 15 is 0 Å². The summed E-state index contributed by atoms with van der Waals surface area (Å²) in [6.07, 6.45) is 1.14. The molecule has 3 N–H and O–H groups in total. The van der Waals surface area contributed by atoms with Crippen molar-refractivity contribution in [2.45, 2.75) is 12.5 Å². The molecule has 0 aromatic heterocycles. The molecule has 0 spiro atoms. The summed E-state index contributed by atoms with van der Waals surface area (Å²) in [6, 6.07) is -0.00931. The molecular formula is C7H16N2O. The lowest BCUT2D eigenvalue weighted by atomic mass is 10.0. The fraction of sp³-hybridized carbons (Fsp3) is 1.00. The Hall–Kier alpha value is -0.120. The van der Waals surface area contributed by atoms with Crippen molar-refractivity contribution >= 4 is 0 Å². The third-order valence-corrected chi connectivity index (χ3v) is 2.24. The average molecular weight is 144 g/mol. The maximum atomic E-state index is 8.74. The Morgan fingerprint density at radius 2 is 2.50 bits per heavy atom. The van der Waals surface area contributed by atoms with Crippen LogP contribution >= 0.6 is 0 Å². The number of aliphatic hydroxyl groups is 1. The molecule has 1 saturated heterocycles. The first-order valence-corrected chi connectivity index (χ1v) is 3.79. The number of hydrogen-bond donors (Lipinski definition) is 2. The highest BCUT2D eigenvalue weighted by Gasteiger charge is 2.24. The van der Waals surface area contributed by atoms with Gasteiger partial charge < -0.3 is 15.7 Å². The van der Waals surface area contributed by atoms with E-state index in [-0.39, 0.29) is 12.6 Å². The summed E-state index contributed by atoms with van der Waals surface area (Å²) >= 11 is 0. The van der Waals surface area contributed by atoms with Gasteiger partial charge >= 0.3 is 0 Å². The lowest BCUT2D eigenvalue weighted by Gasteiger charge is -2.15. The molecule has 1 rings (SSSR count). The molecule has 0 amide bonds. The second-order valence-electron chi connectivity index (χ2n) is 3.16. The summed E-state index contributed by atoms with van der Waals surface area (Å²) in [5.41, 5.74) is 5.66. The minimum Gasteiger partial charge on any atom is -0.395 e. The largest absolute Gasteiger partial charge is 0.395 e.